The van der Waals surface area contributed by atoms with Gasteiger partial charge in [-0.05, 0) is 37.5 Å². The molecule has 0 aliphatic carbocycles. The number of thiocarbonyl (C=S) groups is 1. The molecule has 0 bridgehead atoms. The van der Waals surface area contributed by atoms with Crippen LogP contribution in [0.2, 0.25) is 0 Å². The minimum Gasteiger partial charge on any atom is -0.462 e. The number of ether oxygens (including phenoxy) is 2. The second-order valence-electron chi connectivity index (χ2n) is 11.4. The third-order valence-electron chi connectivity index (χ3n) is 7.95. The van der Waals surface area contributed by atoms with E-state index in [0.717, 1.165) is 30.2 Å². The van der Waals surface area contributed by atoms with Gasteiger partial charge in [-0.2, -0.15) is 0 Å². The van der Waals surface area contributed by atoms with Crippen molar-refractivity contribution in [3.8, 4) is 5.75 Å². The fraction of sp³-hybridized carbons (Fsp3) is 0.688. The Balaban J connectivity index is 1.42. The van der Waals surface area contributed by atoms with Crippen LogP contribution in [0.1, 0.15) is 102 Å². The zero-order valence-corrected chi connectivity index (χ0v) is 25.3. The fourth-order valence-corrected chi connectivity index (χ4v) is 5.67. The molecule has 1 unspecified atom stereocenters. The van der Waals surface area contributed by atoms with Gasteiger partial charge >= 0.3 is 5.63 Å². The van der Waals surface area contributed by atoms with Gasteiger partial charge in [0.25, 0.3) is 0 Å². The maximum Gasteiger partial charge on any atom is 0.336 e. The van der Waals surface area contributed by atoms with Gasteiger partial charge < -0.3 is 34.3 Å². The van der Waals surface area contributed by atoms with Gasteiger partial charge in [0.1, 0.15) is 41.9 Å². The van der Waals surface area contributed by atoms with Gasteiger partial charge in [-0.25, -0.2) is 4.79 Å². The third-order valence-corrected chi connectivity index (χ3v) is 8.40. The Labute approximate surface area is 248 Å². The van der Waals surface area contributed by atoms with Crippen LogP contribution in [-0.4, -0.2) is 62.1 Å². The molecule has 2 heterocycles. The lowest BCUT2D eigenvalue weighted by Crippen LogP contribution is -2.62. The van der Waals surface area contributed by atoms with E-state index in [1.165, 1.54) is 76.3 Å². The molecule has 1 aliphatic heterocycles. The standard InChI is InChI=1S/C32H48O8S/c1-3-4-5-6-7-8-9-10-11-12-13-14-15-16-25(41)27(34)31-29(36)28(35)30(37)32(40-31)38-22-17-18-23-21(2)19-26(33)39-24(23)20-22/h17-20,27-32,34-37H,3-16H2,1-2H3/t27?,28-,29+,30+,31+,32+/m0/s1. The van der Waals surface area contributed by atoms with Gasteiger partial charge in [-0.15, -0.1) is 0 Å². The highest BCUT2D eigenvalue weighted by atomic mass is 32.1. The number of hydrogen-bond donors (Lipinski definition) is 4. The highest BCUT2D eigenvalue weighted by Gasteiger charge is 2.48. The van der Waals surface area contributed by atoms with Crippen molar-refractivity contribution < 1.29 is 34.3 Å². The smallest absolute Gasteiger partial charge is 0.336 e. The van der Waals surface area contributed by atoms with Crippen LogP contribution in [0.3, 0.4) is 0 Å². The topological polar surface area (TPSA) is 130 Å². The van der Waals surface area contributed by atoms with E-state index < -0.39 is 42.4 Å². The molecule has 0 saturated carbocycles. The van der Waals surface area contributed by atoms with Gasteiger partial charge in [-0.3, -0.25) is 0 Å². The average Bonchev–Trinajstić information content (AvgIpc) is 2.95. The molecule has 9 heteroatoms. The SMILES string of the molecule is CCCCCCCCCCCCCCCC(=S)C(O)[C@H]1O[C@@H](Oc2ccc3c(C)cc(=O)oc3c2)[C@H](O)[C@@H](O)[C@H]1O. The Bertz CT molecular complexity index is 1130. The Kier molecular flexibility index (Phi) is 14.2. The van der Waals surface area contributed by atoms with Crippen LogP contribution in [0.15, 0.2) is 33.5 Å². The first kappa shape index (κ1) is 33.6. The molecule has 6 atom stereocenters. The number of aliphatic hydroxyl groups excluding tert-OH is 4. The summed E-state index contributed by atoms with van der Waals surface area (Å²) < 4.78 is 16.7. The zero-order chi connectivity index (χ0) is 29.8. The number of aliphatic hydroxyl groups is 4. The molecule has 3 rings (SSSR count). The van der Waals surface area contributed by atoms with Crippen molar-refractivity contribution in [3.63, 3.8) is 0 Å². The van der Waals surface area contributed by atoms with Crippen LogP contribution in [0.4, 0.5) is 0 Å². The maximum atomic E-state index is 11.8. The minimum absolute atomic E-state index is 0.224. The number of benzene rings is 1. The Morgan fingerprint density at radius 2 is 1.46 bits per heavy atom. The van der Waals surface area contributed by atoms with Crippen LogP contribution in [0.25, 0.3) is 11.0 Å². The van der Waals surface area contributed by atoms with Gasteiger partial charge in [0.2, 0.25) is 6.29 Å². The lowest BCUT2D eigenvalue weighted by molar-refractivity contribution is -0.282. The van der Waals surface area contributed by atoms with E-state index in [9.17, 15) is 25.2 Å². The van der Waals surface area contributed by atoms with Gasteiger partial charge in [-0.1, -0.05) is 96.2 Å². The highest BCUT2D eigenvalue weighted by Crippen LogP contribution is 2.29. The molecular formula is C32H48O8S. The van der Waals surface area contributed by atoms with Crippen LogP contribution >= 0.6 is 12.2 Å². The van der Waals surface area contributed by atoms with Crippen molar-refractivity contribution in [1.82, 2.24) is 0 Å². The molecule has 230 valence electrons. The van der Waals surface area contributed by atoms with Crippen LogP contribution in [0, 0.1) is 6.92 Å². The number of unbranched alkanes of at least 4 members (excludes halogenated alkanes) is 12. The van der Waals surface area contributed by atoms with E-state index in [4.69, 9.17) is 26.1 Å². The van der Waals surface area contributed by atoms with E-state index in [2.05, 4.69) is 6.92 Å². The third kappa shape index (κ3) is 10.1. The Hall–Kier alpha value is -1.88. The molecule has 0 spiro atoms. The summed E-state index contributed by atoms with van der Waals surface area (Å²) >= 11 is 5.44. The van der Waals surface area contributed by atoms with E-state index in [1.807, 2.05) is 0 Å². The molecule has 1 aromatic heterocycles. The summed E-state index contributed by atoms with van der Waals surface area (Å²) in [5.74, 6) is 0.224. The number of aryl methyl sites for hydroxylation is 1. The first-order valence-corrected chi connectivity index (χ1v) is 15.8. The van der Waals surface area contributed by atoms with Crippen molar-refractivity contribution in [2.24, 2.45) is 0 Å². The summed E-state index contributed by atoms with van der Waals surface area (Å²) in [5.41, 5.74) is 0.546. The largest absolute Gasteiger partial charge is 0.462 e. The van der Waals surface area contributed by atoms with Crippen molar-refractivity contribution >= 4 is 28.1 Å². The molecule has 1 saturated heterocycles. The van der Waals surface area contributed by atoms with E-state index in [1.54, 1.807) is 19.1 Å². The predicted octanol–water partition coefficient (Wildman–Crippen LogP) is 5.50. The first-order chi connectivity index (χ1) is 19.7. The van der Waals surface area contributed by atoms with Crippen molar-refractivity contribution in [3.05, 3.63) is 40.2 Å². The predicted molar refractivity (Wildman–Crippen MR) is 163 cm³/mol. The Morgan fingerprint density at radius 3 is 2.07 bits per heavy atom. The molecule has 1 aliphatic rings. The molecule has 8 nitrogen and oxygen atoms in total. The monoisotopic (exact) mass is 592 g/mol. The average molecular weight is 593 g/mol. The normalized spacial score (nSPS) is 23.5. The van der Waals surface area contributed by atoms with Crippen LogP contribution in [-0.2, 0) is 4.74 Å². The summed E-state index contributed by atoms with van der Waals surface area (Å²) in [6.07, 6.45) is 7.80. The minimum atomic E-state index is -1.62. The van der Waals surface area contributed by atoms with Gasteiger partial charge in [0, 0.05) is 22.4 Å². The summed E-state index contributed by atoms with van der Waals surface area (Å²) in [7, 11) is 0. The lowest BCUT2D eigenvalue weighted by atomic mass is 9.92. The highest BCUT2D eigenvalue weighted by molar-refractivity contribution is 7.80. The van der Waals surface area contributed by atoms with Gasteiger partial charge in [0.05, 0.1) is 0 Å². The quantitative estimate of drug-likeness (QED) is 0.101. The maximum absolute atomic E-state index is 11.8. The molecule has 4 N–H and O–H groups in total. The van der Waals surface area contributed by atoms with Crippen molar-refractivity contribution in [2.45, 2.75) is 141 Å². The summed E-state index contributed by atoms with van der Waals surface area (Å²) in [6, 6.07) is 6.21. The summed E-state index contributed by atoms with van der Waals surface area (Å²) in [4.78, 5) is 12.1. The summed E-state index contributed by atoms with van der Waals surface area (Å²) in [5, 5.41) is 43.1. The van der Waals surface area contributed by atoms with E-state index in [-0.39, 0.29) is 5.75 Å². The van der Waals surface area contributed by atoms with Crippen LogP contribution < -0.4 is 10.4 Å². The van der Waals surface area contributed by atoms with Gasteiger partial charge in [0.15, 0.2) is 0 Å². The zero-order valence-electron chi connectivity index (χ0n) is 24.5. The first-order valence-electron chi connectivity index (χ1n) is 15.3. The summed E-state index contributed by atoms with van der Waals surface area (Å²) in [6.45, 7) is 4.03. The molecule has 1 fully saturated rings. The number of fused-ring (bicyclic) bond motifs is 1. The fourth-order valence-electron chi connectivity index (χ4n) is 5.39. The second kappa shape index (κ2) is 17.3. The molecular weight excluding hydrogens is 544 g/mol. The van der Waals surface area contributed by atoms with Crippen LogP contribution in [0.5, 0.6) is 5.75 Å². The van der Waals surface area contributed by atoms with Crippen molar-refractivity contribution in [1.29, 1.82) is 0 Å². The van der Waals surface area contributed by atoms with E-state index >= 15 is 0 Å². The molecule has 41 heavy (non-hydrogen) atoms. The number of rotatable bonds is 18. The molecule has 2 aromatic rings. The molecule has 0 radical (unpaired) electrons. The van der Waals surface area contributed by atoms with Crippen molar-refractivity contribution in [2.75, 3.05) is 0 Å². The second-order valence-corrected chi connectivity index (χ2v) is 11.9. The van der Waals surface area contributed by atoms with E-state index in [0.29, 0.717) is 16.9 Å². The lowest BCUT2D eigenvalue weighted by Gasteiger charge is -2.42. The Morgan fingerprint density at radius 1 is 0.878 bits per heavy atom. The molecule has 1 aromatic carbocycles. The molecule has 0 amide bonds. The number of hydrogen-bond acceptors (Lipinski definition) is 9.